The first-order valence-corrected chi connectivity index (χ1v) is 15.8. The van der Waals surface area contributed by atoms with Gasteiger partial charge in [0, 0.05) is 0 Å². The van der Waals surface area contributed by atoms with E-state index in [1.54, 1.807) is 0 Å². The van der Waals surface area contributed by atoms with Gasteiger partial charge in [-0.15, -0.1) is 0 Å². The zero-order chi connectivity index (χ0) is 23.8. The van der Waals surface area contributed by atoms with Gasteiger partial charge in [-0.05, 0) is 21.8 Å². The lowest BCUT2D eigenvalue weighted by atomic mass is 10.0. The molecule has 0 aliphatic heterocycles. The van der Waals surface area contributed by atoms with Gasteiger partial charge in [0.05, 0.1) is 0 Å². The Labute approximate surface area is 206 Å². The van der Waals surface area contributed by atoms with Gasteiger partial charge in [0.1, 0.15) is 0 Å². The highest BCUT2D eigenvalue weighted by molar-refractivity contribution is 6.98. The van der Waals surface area contributed by atoms with E-state index in [4.69, 9.17) is 0 Å². The Kier molecular flexibility index (Phi) is 13.1. The van der Waals surface area contributed by atoms with E-state index in [0.717, 1.165) is 16.8 Å². The molecule has 33 heavy (non-hydrogen) atoms. The fourth-order valence-corrected chi connectivity index (χ4v) is 9.03. The van der Waals surface area contributed by atoms with E-state index in [1.807, 2.05) is 12.1 Å². The van der Waals surface area contributed by atoms with Crippen molar-refractivity contribution in [2.24, 2.45) is 0 Å². The molecule has 0 saturated heterocycles. The summed E-state index contributed by atoms with van der Waals surface area (Å²) in [6.45, 7) is 6.88. The molecule has 1 N–H and O–H groups in total. The van der Waals surface area contributed by atoms with Crippen molar-refractivity contribution in [1.82, 2.24) is 0 Å². The molecule has 0 atom stereocenters. The Hall–Kier alpha value is -1.38. The van der Waals surface area contributed by atoms with Gasteiger partial charge >= 0.3 is 0 Å². The van der Waals surface area contributed by atoms with Crippen LogP contribution in [0, 0.1) is 0 Å². The minimum absolute atomic E-state index is 0.104. The van der Waals surface area contributed by atoms with Crippen LogP contribution in [0.2, 0.25) is 5.04 Å². The average Bonchev–Trinajstić information content (AvgIpc) is 2.84. The summed E-state index contributed by atoms with van der Waals surface area (Å²) in [4.78, 5) is 12.2. The molecule has 1 nitrogen and oxygen atoms in total. The third-order valence-electron chi connectivity index (χ3n) is 7.52. The van der Waals surface area contributed by atoms with Crippen LogP contribution < -0.4 is 10.4 Å². The summed E-state index contributed by atoms with van der Waals surface area (Å²) in [6, 6.07) is 20.9. The van der Waals surface area contributed by atoms with E-state index in [0.29, 0.717) is 0 Å². The zero-order valence-corrected chi connectivity index (χ0v) is 22.8. The first-order chi connectivity index (χ1) is 16.0. The van der Waals surface area contributed by atoms with Crippen LogP contribution in [0.1, 0.15) is 117 Å². The van der Waals surface area contributed by atoms with Gasteiger partial charge < -0.3 is 4.80 Å². The molecule has 0 aliphatic carbocycles. The summed E-state index contributed by atoms with van der Waals surface area (Å²) in [5.41, 5.74) is 0. The molecule has 2 aromatic carbocycles. The summed E-state index contributed by atoms with van der Waals surface area (Å²) >= 11 is 0. The highest BCUT2D eigenvalue weighted by Gasteiger charge is 2.49. The molecule has 2 aromatic rings. The van der Waals surface area contributed by atoms with E-state index in [9.17, 15) is 4.80 Å². The number of unbranched alkanes of at least 4 members (excludes halogenated alkanes) is 13. The maximum absolute atomic E-state index is 12.2. The minimum atomic E-state index is -2.83. The zero-order valence-electron chi connectivity index (χ0n) is 21.8. The molecule has 0 amide bonds. The molecule has 2 heteroatoms. The fraction of sp³-hybridized carbons (Fsp3) is 0.613. The smallest absolute Gasteiger partial charge is 0.258 e. The normalized spacial score (nSPS) is 12.2. The molecule has 0 aliphatic rings. The molecule has 0 fully saturated rings. The van der Waals surface area contributed by atoms with Crippen LogP contribution >= 0.6 is 0 Å². The second-order valence-electron chi connectivity index (χ2n) is 10.7. The van der Waals surface area contributed by atoms with Crippen LogP contribution in [0.25, 0.3) is 0 Å². The lowest BCUT2D eigenvalue weighted by Gasteiger charge is -2.41. The van der Waals surface area contributed by atoms with E-state index in [-0.39, 0.29) is 5.04 Å². The molecule has 2 rings (SSSR count). The van der Waals surface area contributed by atoms with Gasteiger partial charge in [0.25, 0.3) is 8.32 Å². The van der Waals surface area contributed by atoms with E-state index < -0.39 is 8.32 Å². The Bertz CT molecular complexity index is 686. The van der Waals surface area contributed by atoms with Crippen molar-refractivity contribution in [3.8, 4) is 0 Å². The second kappa shape index (κ2) is 15.5. The number of hydrogen-bond acceptors (Lipinski definition) is 1. The van der Waals surface area contributed by atoms with Crippen LogP contribution in [0.15, 0.2) is 60.7 Å². The molecular formula is C31H50OSi. The van der Waals surface area contributed by atoms with Crippen LogP contribution in [0.4, 0.5) is 0 Å². The highest BCUT2D eigenvalue weighted by Crippen LogP contribution is 2.40. The molecular weight excluding hydrogens is 416 g/mol. The van der Waals surface area contributed by atoms with Crippen molar-refractivity contribution in [2.45, 2.75) is 122 Å². The largest absolute Gasteiger partial charge is 0.424 e. The minimum Gasteiger partial charge on any atom is -0.424 e. The predicted molar refractivity (Wildman–Crippen MR) is 149 cm³/mol. The summed E-state index contributed by atoms with van der Waals surface area (Å²) < 4.78 is 0. The molecule has 0 heterocycles. The first-order valence-electron chi connectivity index (χ1n) is 13.9. The van der Waals surface area contributed by atoms with Crippen molar-refractivity contribution in [3.05, 3.63) is 60.7 Å². The number of rotatable bonds is 18. The van der Waals surface area contributed by atoms with Crippen LogP contribution in [-0.2, 0) is 0 Å². The van der Waals surface area contributed by atoms with Gasteiger partial charge in [-0.2, -0.15) is 0 Å². The van der Waals surface area contributed by atoms with Gasteiger partial charge in [0.2, 0.25) is 0 Å². The third-order valence-corrected chi connectivity index (χ3v) is 12.1. The molecule has 184 valence electrons. The molecule has 0 radical (unpaired) electrons. The van der Waals surface area contributed by atoms with Crippen molar-refractivity contribution >= 4 is 18.7 Å². The SMILES string of the molecule is CCCCCCCCCCCCCCCCC(C)(C)[Si](O)(c1ccccc1)c1ccccc1. The second-order valence-corrected chi connectivity index (χ2v) is 14.6. The Morgan fingerprint density at radius 3 is 1.24 bits per heavy atom. The lowest BCUT2D eigenvalue weighted by Crippen LogP contribution is -2.65. The summed E-state index contributed by atoms with van der Waals surface area (Å²) in [5.74, 6) is 0. The van der Waals surface area contributed by atoms with E-state index >= 15 is 0 Å². The first kappa shape index (κ1) is 27.9. The highest BCUT2D eigenvalue weighted by atomic mass is 28.4. The number of benzene rings is 2. The molecule has 0 unspecified atom stereocenters. The Morgan fingerprint density at radius 1 is 0.545 bits per heavy atom. The Balaban J connectivity index is 1.70. The Morgan fingerprint density at radius 2 is 0.879 bits per heavy atom. The van der Waals surface area contributed by atoms with Crippen LogP contribution in [0.5, 0.6) is 0 Å². The van der Waals surface area contributed by atoms with Crippen molar-refractivity contribution in [2.75, 3.05) is 0 Å². The predicted octanol–water partition coefficient (Wildman–Crippen LogP) is 8.39. The summed E-state index contributed by atoms with van der Waals surface area (Å²) in [6.07, 6.45) is 20.5. The number of hydrogen-bond donors (Lipinski definition) is 1. The van der Waals surface area contributed by atoms with Crippen molar-refractivity contribution < 1.29 is 4.80 Å². The van der Waals surface area contributed by atoms with Crippen LogP contribution in [-0.4, -0.2) is 13.1 Å². The van der Waals surface area contributed by atoms with Gasteiger partial charge in [-0.1, -0.05) is 171 Å². The van der Waals surface area contributed by atoms with Gasteiger partial charge in [0.15, 0.2) is 0 Å². The molecule has 0 bridgehead atoms. The van der Waals surface area contributed by atoms with E-state index in [1.165, 1.54) is 89.9 Å². The van der Waals surface area contributed by atoms with Crippen LogP contribution in [0.3, 0.4) is 0 Å². The topological polar surface area (TPSA) is 20.2 Å². The van der Waals surface area contributed by atoms with Crippen molar-refractivity contribution in [3.63, 3.8) is 0 Å². The quantitative estimate of drug-likeness (QED) is 0.173. The molecule has 0 saturated carbocycles. The lowest BCUT2D eigenvalue weighted by molar-refractivity contribution is 0.445. The molecule has 0 aromatic heterocycles. The third kappa shape index (κ3) is 9.06. The maximum atomic E-state index is 12.2. The van der Waals surface area contributed by atoms with Gasteiger partial charge in [-0.3, -0.25) is 0 Å². The van der Waals surface area contributed by atoms with E-state index in [2.05, 4.69) is 69.3 Å². The maximum Gasteiger partial charge on any atom is 0.258 e. The average molecular weight is 467 g/mol. The monoisotopic (exact) mass is 466 g/mol. The molecule has 0 spiro atoms. The standard InChI is InChI=1S/C31H50OSi/c1-4-5-6-7-8-9-10-11-12-13-14-15-16-23-28-31(2,3)33(32,29-24-19-17-20-25-29)30-26-21-18-22-27-30/h17-22,24-27,32H,4-16,23,28H2,1-3H3. The van der Waals surface area contributed by atoms with Crippen molar-refractivity contribution in [1.29, 1.82) is 0 Å². The fourth-order valence-electron chi connectivity index (χ4n) is 5.25. The summed E-state index contributed by atoms with van der Waals surface area (Å²) in [5, 5.41) is 2.16. The summed E-state index contributed by atoms with van der Waals surface area (Å²) in [7, 11) is -2.83. The van der Waals surface area contributed by atoms with Gasteiger partial charge in [-0.25, -0.2) is 0 Å².